The molecule has 2 aromatic rings. The van der Waals surface area contributed by atoms with Crippen molar-refractivity contribution < 1.29 is 17.9 Å². The zero-order chi connectivity index (χ0) is 14.8. The predicted molar refractivity (Wildman–Crippen MR) is 74.5 cm³/mol. The van der Waals surface area contributed by atoms with Crippen molar-refractivity contribution in [2.45, 2.75) is 11.3 Å². The summed E-state index contributed by atoms with van der Waals surface area (Å²) in [6.45, 7) is -0.0172. The summed E-state index contributed by atoms with van der Waals surface area (Å²) in [5.74, 6) is -0.473. The molecule has 7 nitrogen and oxygen atoms in total. The summed E-state index contributed by atoms with van der Waals surface area (Å²) in [7, 11) is -2.44. The number of benzene rings is 1. The Morgan fingerprint density at radius 3 is 2.90 bits per heavy atom. The van der Waals surface area contributed by atoms with Gasteiger partial charge in [0.25, 0.3) is 0 Å². The molecule has 0 amide bonds. The minimum Gasteiger partial charge on any atom is -0.469 e. The van der Waals surface area contributed by atoms with Crippen LogP contribution in [0.4, 0.5) is 5.69 Å². The van der Waals surface area contributed by atoms with E-state index in [0.717, 1.165) is 0 Å². The molecule has 0 aliphatic rings. The SMILES string of the molecule is COC(=O)CCNS(=O)(=O)c1c[nH]c2cc(N)ccc12. The molecule has 0 saturated heterocycles. The highest BCUT2D eigenvalue weighted by molar-refractivity contribution is 7.89. The number of hydrogen-bond acceptors (Lipinski definition) is 5. The Hall–Kier alpha value is -2.06. The molecule has 1 aromatic heterocycles. The summed E-state index contributed by atoms with van der Waals surface area (Å²) in [6.07, 6.45) is 1.37. The van der Waals surface area contributed by atoms with Crippen LogP contribution >= 0.6 is 0 Å². The highest BCUT2D eigenvalue weighted by Gasteiger charge is 2.19. The van der Waals surface area contributed by atoms with E-state index in [2.05, 4.69) is 14.4 Å². The first-order chi connectivity index (χ1) is 9.44. The lowest BCUT2D eigenvalue weighted by Gasteiger charge is -2.05. The molecule has 0 aliphatic carbocycles. The molecule has 0 unspecified atom stereocenters. The van der Waals surface area contributed by atoms with Gasteiger partial charge in [-0.05, 0) is 18.2 Å². The third-order valence-electron chi connectivity index (χ3n) is 2.81. The summed E-state index contributed by atoms with van der Waals surface area (Å²) in [5.41, 5.74) is 6.82. The van der Waals surface area contributed by atoms with Gasteiger partial charge in [0.2, 0.25) is 10.0 Å². The Morgan fingerprint density at radius 1 is 1.45 bits per heavy atom. The molecule has 0 saturated carbocycles. The number of H-pyrrole nitrogens is 1. The van der Waals surface area contributed by atoms with Crippen molar-refractivity contribution in [3.05, 3.63) is 24.4 Å². The van der Waals surface area contributed by atoms with Crippen LogP contribution in [0.25, 0.3) is 10.9 Å². The zero-order valence-corrected chi connectivity index (χ0v) is 11.7. The molecule has 0 radical (unpaired) electrons. The van der Waals surface area contributed by atoms with Crippen LogP contribution in [0.3, 0.4) is 0 Å². The number of hydrogen-bond donors (Lipinski definition) is 3. The molecular formula is C12H15N3O4S. The van der Waals surface area contributed by atoms with E-state index in [4.69, 9.17) is 5.73 Å². The highest BCUT2D eigenvalue weighted by atomic mass is 32.2. The van der Waals surface area contributed by atoms with E-state index < -0.39 is 16.0 Å². The smallest absolute Gasteiger partial charge is 0.306 e. The minimum absolute atomic E-state index is 0.0172. The summed E-state index contributed by atoms with van der Waals surface area (Å²) in [5, 5.41) is 0.546. The number of rotatable bonds is 5. The number of nitrogen functional groups attached to an aromatic ring is 1. The Morgan fingerprint density at radius 2 is 2.20 bits per heavy atom. The molecule has 1 heterocycles. The quantitative estimate of drug-likeness (QED) is 0.552. The van der Waals surface area contributed by atoms with Crippen molar-refractivity contribution in [3.63, 3.8) is 0 Å². The fourth-order valence-corrected chi connectivity index (χ4v) is 3.01. The van der Waals surface area contributed by atoms with Crippen molar-refractivity contribution >= 4 is 32.6 Å². The maximum atomic E-state index is 12.1. The van der Waals surface area contributed by atoms with Gasteiger partial charge in [0.1, 0.15) is 4.90 Å². The van der Waals surface area contributed by atoms with Gasteiger partial charge in [-0.3, -0.25) is 4.79 Å². The number of anilines is 1. The van der Waals surface area contributed by atoms with E-state index in [1.54, 1.807) is 18.2 Å². The Labute approximate surface area is 116 Å². The molecule has 0 spiro atoms. The van der Waals surface area contributed by atoms with E-state index in [0.29, 0.717) is 16.6 Å². The lowest BCUT2D eigenvalue weighted by atomic mass is 10.2. The summed E-state index contributed by atoms with van der Waals surface area (Å²) < 4.78 is 31.1. The maximum Gasteiger partial charge on any atom is 0.306 e. The number of nitrogens with one attached hydrogen (secondary N) is 2. The van der Waals surface area contributed by atoms with Gasteiger partial charge >= 0.3 is 5.97 Å². The second kappa shape index (κ2) is 5.51. The first-order valence-electron chi connectivity index (χ1n) is 5.87. The van der Waals surface area contributed by atoms with Gasteiger partial charge in [0, 0.05) is 29.3 Å². The Balaban J connectivity index is 2.21. The Kier molecular flexibility index (Phi) is 3.96. The number of carbonyl (C=O) groups is 1. The van der Waals surface area contributed by atoms with Gasteiger partial charge in [0.05, 0.1) is 13.5 Å². The second-order valence-corrected chi connectivity index (χ2v) is 5.92. The summed E-state index contributed by atoms with van der Waals surface area (Å²) >= 11 is 0. The number of esters is 1. The lowest BCUT2D eigenvalue weighted by Crippen LogP contribution is -2.26. The van der Waals surface area contributed by atoms with E-state index in [1.807, 2.05) is 0 Å². The minimum atomic E-state index is -3.69. The molecular weight excluding hydrogens is 282 g/mol. The third kappa shape index (κ3) is 2.91. The standard InChI is InChI=1S/C12H15N3O4S/c1-19-12(16)4-5-15-20(17,18)11-7-14-10-6-8(13)2-3-9(10)11/h2-3,6-7,14-15H,4-5,13H2,1H3. The molecule has 0 atom stereocenters. The first kappa shape index (κ1) is 14.4. The van der Waals surface area contributed by atoms with Gasteiger partial charge in [-0.25, -0.2) is 13.1 Å². The van der Waals surface area contributed by atoms with E-state index in [-0.39, 0.29) is 17.9 Å². The number of nitrogens with two attached hydrogens (primary N) is 1. The van der Waals surface area contributed by atoms with Gasteiger partial charge in [-0.2, -0.15) is 0 Å². The molecule has 1 aromatic carbocycles. The zero-order valence-electron chi connectivity index (χ0n) is 10.8. The van der Waals surface area contributed by atoms with Crippen LogP contribution in [0, 0.1) is 0 Å². The van der Waals surface area contributed by atoms with Crippen LogP contribution in [0.2, 0.25) is 0 Å². The van der Waals surface area contributed by atoms with Crippen molar-refractivity contribution in [1.82, 2.24) is 9.71 Å². The number of sulfonamides is 1. The van der Waals surface area contributed by atoms with E-state index >= 15 is 0 Å². The number of fused-ring (bicyclic) bond motifs is 1. The van der Waals surface area contributed by atoms with E-state index in [9.17, 15) is 13.2 Å². The van der Waals surface area contributed by atoms with Crippen LogP contribution in [0.1, 0.15) is 6.42 Å². The highest BCUT2D eigenvalue weighted by Crippen LogP contribution is 2.24. The summed E-state index contributed by atoms with van der Waals surface area (Å²) in [6, 6.07) is 4.92. The molecule has 0 fully saturated rings. The molecule has 4 N–H and O–H groups in total. The fraction of sp³-hybridized carbons (Fsp3) is 0.250. The first-order valence-corrected chi connectivity index (χ1v) is 7.35. The normalized spacial score (nSPS) is 11.7. The molecule has 20 heavy (non-hydrogen) atoms. The van der Waals surface area contributed by atoms with Gasteiger partial charge in [-0.15, -0.1) is 0 Å². The average Bonchev–Trinajstić information content (AvgIpc) is 2.81. The van der Waals surface area contributed by atoms with E-state index in [1.165, 1.54) is 13.3 Å². The maximum absolute atomic E-state index is 12.1. The van der Waals surface area contributed by atoms with Crippen molar-refractivity contribution in [2.24, 2.45) is 0 Å². The molecule has 108 valence electrons. The molecule has 0 bridgehead atoms. The number of ether oxygens (including phenoxy) is 1. The summed E-state index contributed by atoms with van der Waals surface area (Å²) in [4.78, 5) is 13.9. The predicted octanol–water partition coefficient (Wildman–Crippen LogP) is 0.591. The lowest BCUT2D eigenvalue weighted by molar-refractivity contribution is -0.140. The van der Waals surface area contributed by atoms with Crippen molar-refractivity contribution in [3.8, 4) is 0 Å². The Bertz CT molecular complexity index is 736. The van der Waals surface area contributed by atoms with Crippen LogP contribution in [0.5, 0.6) is 0 Å². The van der Waals surface area contributed by atoms with Crippen LogP contribution < -0.4 is 10.5 Å². The molecule has 0 aliphatic heterocycles. The number of aromatic nitrogens is 1. The largest absolute Gasteiger partial charge is 0.469 e. The van der Waals surface area contributed by atoms with Gasteiger partial charge in [0.15, 0.2) is 0 Å². The molecule has 8 heteroatoms. The van der Waals surface area contributed by atoms with Crippen LogP contribution in [-0.2, 0) is 19.6 Å². The average molecular weight is 297 g/mol. The number of aromatic amines is 1. The fourth-order valence-electron chi connectivity index (χ4n) is 1.81. The van der Waals surface area contributed by atoms with Crippen molar-refractivity contribution in [2.75, 3.05) is 19.4 Å². The number of carbonyl (C=O) groups excluding carboxylic acids is 1. The van der Waals surface area contributed by atoms with Crippen LogP contribution in [-0.4, -0.2) is 33.0 Å². The van der Waals surface area contributed by atoms with Crippen LogP contribution in [0.15, 0.2) is 29.3 Å². The van der Waals surface area contributed by atoms with Gasteiger partial charge < -0.3 is 15.5 Å². The second-order valence-electron chi connectivity index (χ2n) is 4.18. The monoisotopic (exact) mass is 297 g/mol. The number of methoxy groups -OCH3 is 1. The third-order valence-corrected chi connectivity index (χ3v) is 4.31. The topological polar surface area (TPSA) is 114 Å². The molecule has 2 rings (SSSR count). The van der Waals surface area contributed by atoms with Crippen molar-refractivity contribution in [1.29, 1.82) is 0 Å². The van der Waals surface area contributed by atoms with Gasteiger partial charge in [-0.1, -0.05) is 0 Å².